The summed E-state index contributed by atoms with van der Waals surface area (Å²) in [5.74, 6) is 0.830. The highest BCUT2D eigenvalue weighted by atomic mass is 79.9. The van der Waals surface area contributed by atoms with Crippen molar-refractivity contribution in [2.45, 2.75) is 19.9 Å². The van der Waals surface area contributed by atoms with E-state index in [0.717, 1.165) is 28.1 Å². The van der Waals surface area contributed by atoms with Crippen LogP contribution in [0.25, 0.3) is 11.3 Å². The largest absolute Gasteiger partial charge is 0.352 e. The van der Waals surface area contributed by atoms with Crippen LogP contribution >= 0.6 is 15.9 Å². The minimum Gasteiger partial charge on any atom is -0.352 e. The summed E-state index contributed by atoms with van der Waals surface area (Å²) in [5.41, 5.74) is 4.37. The highest BCUT2D eigenvalue weighted by Gasteiger charge is 2.12. The Morgan fingerprint density at radius 2 is 1.90 bits per heavy atom. The standard InChI is InChI=1S/C25H23BrN4O/c1-18-22(10-11-23(29-18)20-8-5-9-21(26)16-20)25(31)28-13-12-24-27-14-15-30(24)17-19-6-3-2-4-7-19/h2-11,14-16H,12-13,17H2,1H3,(H,28,31). The number of carbonyl (C=O) groups is 1. The Balaban J connectivity index is 1.37. The molecule has 0 saturated heterocycles. The third kappa shape index (κ3) is 5.27. The molecular weight excluding hydrogens is 452 g/mol. The lowest BCUT2D eigenvalue weighted by Gasteiger charge is -2.11. The fraction of sp³-hybridized carbons (Fsp3) is 0.160. The van der Waals surface area contributed by atoms with E-state index in [4.69, 9.17) is 0 Å². The van der Waals surface area contributed by atoms with E-state index < -0.39 is 0 Å². The van der Waals surface area contributed by atoms with Gasteiger partial charge in [0.25, 0.3) is 5.91 Å². The minimum absolute atomic E-state index is 0.119. The van der Waals surface area contributed by atoms with E-state index in [0.29, 0.717) is 24.2 Å². The molecule has 5 nitrogen and oxygen atoms in total. The number of rotatable bonds is 7. The lowest BCUT2D eigenvalue weighted by atomic mass is 10.1. The molecule has 1 N–H and O–H groups in total. The molecule has 0 aliphatic rings. The number of hydrogen-bond donors (Lipinski definition) is 1. The molecule has 4 rings (SSSR count). The Bertz CT molecular complexity index is 1190. The van der Waals surface area contributed by atoms with Crippen LogP contribution in [0.2, 0.25) is 0 Å². The molecule has 2 aromatic heterocycles. The van der Waals surface area contributed by atoms with Gasteiger partial charge in [0, 0.05) is 41.9 Å². The van der Waals surface area contributed by atoms with Crippen LogP contribution in [-0.4, -0.2) is 27.0 Å². The van der Waals surface area contributed by atoms with Crippen molar-refractivity contribution in [2.75, 3.05) is 6.54 Å². The van der Waals surface area contributed by atoms with Crippen LogP contribution in [0.3, 0.4) is 0 Å². The maximum atomic E-state index is 12.7. The molecule has 0 atom stereocenters. The van der Waals surface area contributed by atoms with Gasteiger partial charge in [-0.15, -0.1) is 0 Å². The van der Waals surface area contributed by atoms with Crippen molar-refractivity contribution in [2.24, 2.45) is 0 Å². The molecule has 0 bridgehead atoms. The number of hydrogen-bond acceptors (Lipinski definition) is 3. The molecule has 6 heteroatoms. The summed E-state index contributed by atoms with van der Waals surface area (Å²) in [7, 11) is 0. The molecule has 156 valence electrons. The van der Waals surface area contributed by atoms with E-state index in [1.165, 1.54) is 5.56 Å². The smallest absolute Gasteiger partial charge is 0.253 e. The zero-order chi connectivity index (χ0) is 21.6. The second-order valence-electron chi connectivity index (χ2n) is 7.30. The maximum absolute atomic E-state index is 12.7. The first-order chi connectivity index (χ1) is 15.1. The molecule has 0 aliphatic carbocycles. The number of benzene rings is 2. The Morgan fingerprint density at radius 1 is 1.06 bits per heavy atom. The molecule has 2 aromatic carbocycles. The maximum Gasteiger partial charge on any atom is 0.253 e. The summed E-state index contributed by atoms with van der Waals surface area (Å²) in [5, 5.41) is 3.00. The zero-order valence-corrected chi connectivity index (χ0v) is 18.8. The van der Waals surface area contributed by atoms with Crippen LogP contribution in [-0.2, 0) is 13.0 Å². The van der Waals surface area contributed by atoms with E-state index in [1.54, 1.807) is 6.20 Å². The third-order valence-electron chi connectivity index (χ3n) is 5.08. The summed E-state index contributed by atoms with van der Waals surface area (Å²) in [6, 6.07) is 22.0. The number of nitrogens with zero attached hydrogens (tertiary/aromatic N) is 3. The second kappa shape index (κ2) is 9.71. The number of imidazole rings is 1. The molecular formula is C25H23BrN4O. The van der Waals surface area contributed by atoms with Gasteiger partial charge in [-0.25, -0.2) is 4.98 Å². The quantitative estimate of drug-likeness (QED) is 0.408. The summed E-state index contributed by atoms with van der Waals surface area (Å²) in [6.45, 7) is 3.14. The van der Waals surface area contributed by atoms with Crippen molar-refractivity contribution in [1.29, 1.82) is 0 Å². The number of nitrogens with one attached hydrogen (secondary N) is 1. The molecule has 0 spiro atoms. The van der Waals surface area contributed by atoms with E-state index in [1.807, 2.05) is 67.7 Å². The third-order valence-corrected chi connectivity index (χ3v) is 5.58. The van der Waals surface area contributed by atoms with Crippen LogP contribution in [0.5, 0.6) is 0 Å². The molecule has 0 radical (unpaired) electrons. The number of pyridine rings is 1. The van der Waals surface area contributed by atoms with Gasteiger partial charge in [0.05, 0.1) is 17.0 Å². The summed E-state index contributed by atoms with van der Waals surface area (Å²) in [4.78, 5) is 21.8. The molecule has 0 aliphatic heterocycles. The van der Waals surface area contributed by atoms with Crippen LogP contribution in [0.4, 0.5) is 0 Å². The first kappa shape index (κ1) is 21.0. The molecule has 4 aromatic rings. The first-order valence-corrected chi connectivity index (χ1v) is 10.9. The van der Waals surface area contributed by atoms with Crippen molar-refractivity contribution in [3.63, 3.8) is 0 Å². The first-order valence-electron chi connectivity index (χ1n) is 10.2. The fourth-order valence-electron chi connectivity index (χ4n) is 3.48. The van der Waals surface area contributed by atoms with Crippen molar-refractivity contribution in [3.8, 4) is 11.3 Å². The predicted octanol–water partition coefficient (Wildman–Crippen LogP) is 5.04. The molecule has 0 saturated carbocycles. The molecule has 0 fully saturated rings. The zero-order valence-electron chi connectivity index (χ0n) is 17.3. The predicted molar refractivity (Wildman–Crippen MR) is 126 cm³/mol. The van der Waals surface area contributed by atoms with E-state index in [9.17, 15) is 4.79 Å². The van der Waals surface area contributed by atoms with E-state index in [2.05, 4.69) is 47.9 Å². The molecule has 1 amide bonds. The van der Waals surface area contributed by atoms with Crippen molar-refractivity contribution >= 4 is 21.8 Å². The molecule has 0 unspecified atom stereocenters. The number of aryl methyl sites for hydroxylation is 1. The van der Waals surface area contributed by atoms with Crippen molar-refractivity contribution in [3.05, 3.63) is 106 Å². The van der Waals surface area contributed by atoms with E-state index in [-0.39, 0.29) is 5.91 Å². The van der Waals surface area contributed by atoms with Gasteiger partial charge in [0.1, 0.15) is 5.82 Å². The number of aromatic nitrogens is 3. The van der Waals surface area contributed by atoms with Gasteiger partial charge in [-0.05, 0) is 36.8 Å². The van der Waals surface area contributed by atoms with Crippen LogP contribution in [0.1, 0.15) is 27.4 Å². The van der Waals surface area contributed by atoms with Gasteiger partial charge in [-0.1, -0.05) is 58.4 Å². The van der Waals surface area contributed by atoms with Gasteiger partial charge < -0.3 is 9.88 Å². The lowest BCUT2D eigenvalue weighted by molar-refractivity contribution is 0.0953. The van der Waals surface area contributed by atoms with Crippen LogP contribution in [0, 0.1) is 6.92 Å². The number of halogens is 1. The fourth-order valence-corrected chi connectivity index (χ4v) is 3.88. The van der Waals surface area contributed by atoms with Gasteiger partial charge in [-0.2, -0.15) is 0 Å². The number of amides is 1. The lowest BCUT2D eigenvalue weighted by Crippen LogP contribution is -2.27. The molecule has 31 heavy (non-hydrogen) atoms. The Morgan fingerprint density at radius 3 is 2.68 bits per heavy atom. The highest BCUT2D eigenvalue weighted by Crippen LogP contribution is 2.22. The monoisotopic (exact) mass is 474 g/mol. The van der Waals surface area contributed by atoms with Gasteiger partial charge >= 0.3 is 0 Å². The Kier molecular flexibility index (Phi) is 6.57. The van der Waals surface area contributed by atoms with Crippen LogP contribution < -0.4 is 5.32 Å². The Hall–Kier alpha value is -3.25. The van der Waals surface area contributed by atoms with Crippen molar-refractivity contribution in [1.82, 2.24) is 19.9 Å². The van der Waals surface area contributed by atoms with Crippen LogP contribution in [0.15, 0.2) is 83.6 Å². The SMILES string of the molecule is Cc1nc(-c2cccc(Br)c2)ccc1C(=O)NCCc1nccn1Cc1ccccc1. The van der Waals surface area contributed by atoms with E-state index >= 15 is 0 Å². The average Bonchev–Trinajstić information content (AvgIpc) is 3.21. The normalized spacial score (nSPS) is 10.8. The minimum atomic E-state index is -0.119. The van der Waals surface area contributed by atoms with Gasteiger partial charge in [0.2, 0.25) is 0 Å². The topological polar surface area (TPSA) is 59.8 Å². The highest BCUT2D eigenvalue weighted by molar-refractivity contribution is 9.10. The van der Waals surface area contributed by atoms with Gasteiger partial charge in [-0.3, -0.25) is 9.78 Å². The summed E-state index contributed by atoms with van der Waals surface area (Å²) in [6.07, 6.45) is 4.43. The Labute approximate surface area is 190 Å². The summed E-state index contributed by atoms with van der Waals surface area (Å²) >= 11 is 3.49. The molecule has 2 heterocycles. The number of carbonyl (C=O) groups excluding carboxylic acids is 1. The van der Waals surface area contributed by atoms with Gasteiger partial charge in [0.15, 0.2) is 0 Å². The summed E-state index contributed by atoms with van der Waals surface area (Å²) < 4.78 is 3.11. The second-order valence-corrected chi connectivity index (χ2v) is 8.22. The van der Waals surface area contributed by atoms with Crippen molar-refractivity contribution < 1.29 is 4.79 Å². The average molecular weight is 475 g/mol.